The third-order valence-corrected chi connectivity index (χ3v) is 7.02. The lowest BCUT2D eigenvalue weighted by molar-refractivity contribution is -0.275. The summed E-state index contributed by atoms with van der Waals surface area (Å²) in [6.45, 7) is 1.95. The summed E-state index contributed by atoms with van der Waals surface area (Å²) < 4.78 is 83.8. The Hall–Kier alpha value is -4.74. The second-order valence-electron chi connectivity index (χ2n) is 10.1. The SMILES string of the molecule is CC(c1cc(-c2ccc(OC(F)(F)F)cc2)ccc1-c1ccc(OC(F)(F)F)cc1)C1C=CC(C(=O)NCCC(=O)O)=CC1. The summed E-state index contributed by atoms with van der Waals surface area (Å²) in [6.07, 6.45) is -4.11. The van der Waals surface area contributed by atoms with Gasteiger partial charge in [-0.1, -0.05) is 67.6 Å². The highest BCUT2D eigenvalue weighted by Gasteiger charge is 2.32. The van der Waals surface area contributed by atoms with E-state index in [4.69, 9.17) is 5.11 Å². The van der Waals surface area contributed by atoms with Crippen molar-refractivity contribution in [3.05, 3.63) is 96.1 Å². The van der Waals surface area contributed by atoms with Gasteiger partial charge in [-0.15, -0.1) is 26.3 Å². The summed E-state index contributed by atoms with van der Waals surface area (Å²) in [4.78, 5) is 23.1. The molecule has 0 radical (unpaired) electrons. The van der Waals surface area contributed by atoms with Crippen molar-refractivity contribution in [2.75, 3.05) is 6.54 Å². The normalized spacial score (nSPS) is 15.7. The zero-order valence-electron chi connectivity index (χ0n) is 23.2. The van der Waals surface area contributed by atoms with Crippen LogP contribution < -0.4 is 14.8 Å². The zero-order valence-corrected chi connectivity index (χ0v) is 23.2. The molecule has 44 heavy (non-hydrogen) atoms. The van der Waals surface area contributed by atoms with Gasteiger partial charge in [-0.3, -0.25) is 9.59 Å². The number of hydrogen-bond donors (Lipinski definition) is 2. The van der Waals surface area contributed by atoms with Gasteiger partial charge in [-0.05, 0) is 70.3 Å². The van der Waals surface area contributed by atoms with Crippen molar-refractivity contribution in [1.82, 2.24) is 5.32 Å². The number of rotatable bonds is 10. The molecule has 1 aliphatic rings. The van der Waals surface area contributed by atoms with Crippen LogP contribution in [0.15, 0.2) is 90.5 Å². The van der Waals surface area contributed by atoms with E-state index in [9.17, 15) is 35.9 Å². The van der Waals surface area contributed by atoms with Crippen molar-refractivity contribution in [3.63, 3.8) is 0 Å². The summed E-state index contributed by atoms with van der Waals surface area (Å²) >= 11 is 0. The fraction of sp³-hybridized carbons (Fsp3) is 0.250. The Balaban J connectivity index is 1.63. The summed E-state index contributed by atoms with van der Waals surface area (Å²) in [5.74, 6) is -2.42. The molecule has 2 atom stereocenters. The average molecular weight is 620 g/mol. The minimum absolute atomic E-state index is 0.00849. The van der Waals surface area contributed by atoms with Crippen LogP contribution in [0.25, 0.3) is 22.3 Å². The van der Waals surface area contributed by atoms with Crippen molar-refractivity contribution in [3.8, 4) is 33.8 Å². The number of aliphatic carboxylic acids is 1. The van der Waals surface area contributed by atoms with Crippen LogP contribution in [0.1, 0.15) is 31.2 Å². The van der Waals surface area contributed by atoms with Crippen LogP contribution in [-0.4, -0.2) is 36.3 Å². The van der Waals surface area contributed by atoms with Gasteiger partial charge < -0.3 is 19.9 Å². The standard InChI is InChI=1S/C32H27F6NO5/c1-19(20-2-4-23(5-3-20)30(42)39-17-16-29(40)41)28-18-24(21-6-11-25(12-7-21)43-31(33,34)35)10-15-27(28)22-8-13-26(14-9-22)44-32(36,37)38/h2,4-15,18-20H,3,16-17H2,1H3,(H,39,42)(H,40,41). The van der Waals surface area contributed by atoms with Crippen molar-refractivity contribution in [2.24, 2.45) is 5.92 Å². The number of benzene rings is 3. The minimum Gasteiger partial charge on any atom is -0.481 e. The van der Waals surface area contributed by atoms with Crippen LogP contribution in [-0.2, 0) is 9.59 Å². The van der Waals surface area contributed by atoms with E-state index in [0.717, 1.165) is 11.1 Å². The highest BCUT2D eigenvalue weighted by atomic mass is 19.4. The van der Waals surface area contributed by atoms with Gasteiger partial charge >= 0.3 is 18.7 Å². The van der Waals surface area contributed by atoms with E-state index in [0.29, 0.717) is 28.7 Å². The van der Waals surface area contributed by atoms with E-state index in [1.54, 1.807) is 24.3 Å². The Morgan fingerprint density at radius 1 is 0.864 bits per heavy atom. The summed E-state index contributed by atoms with van der Waals surface area (Å²) in [6, 6.07) is 16.3. The molecule has 1 aliphatic carbocycles. The number of carbonyl (C=O) groups excluding carboxylic acids is 1. The zero-order chi connectivity index (χ0) is 32.1. The molecule has 232 valence electrons. The van der Waals surface area contributed by atoms with Gasteiger partial charge in [-0.2, -0.15) is 0 Å². The molecule has 0 saturated heterocycles. The topological polar surface area (TPSA) is 84.9 Å². The first-order chi connectivity index (χ1) is 20.7. The minimum atomic E-state index is -4.84. The second kappa shape index (κ2) is 13.3. The Morgan fingerprint density at radius 3 is 1.91 bits per heavy atom. The molecular weight excluding hydrogens is 592 g/mol. The Morgan fingerprint density at radius 2 is 1.41 bits per heavy atom. The van der Waals surface area contributed by atoms with Crippen LogP contribution in [0.4, 0.5) is 26.3 Å². The fourth-order valence-corrected chi connectivity index (χ4v) is 4.86. The van der Waals surface area contributed by atoms with E-state index >= 15 is 0 Å². The summed E-state index contributed by atoms with van der Waals surface area (Å²) in [5, 5.41) is 11.3. The Kier molecular flexibility index (Phi) is 9.71. The lowest BCUT2D eigenvalue weighted by Gasteiger charge is -2.26. The maximum atomic E-state index is 12.7. The number of carbonyl (C=O) groups is 2. The summed E-state index contributed by atoms with van der Waals surface area (Å²) in [7, 11) is 0. The van der Waals surface area contributed by atoms with E-state index in [2.05, 4.69) is 14.8 Å². The van der Waals surface area contributed by atoms with E-state index < -0.39 is 24.6 Å². The third-order valence-electron chi connectivity index (χ3n) is 7.02. The molecule has 12 heteroatoms. The van der Waals surface area contributed by atoms with E-state index in [1.807, 2.05) is 19.1 Å². The number of hydrogen-bond acceptors (Lipinski definition) is 4. The predicted octanol–water partition coefficient (Wildman–Crippen LogP) is 8.01. The largest absolute Gasteiger partial charge is 0.573 e. The first-order valence-corrected chi connectivity index (χ1v) is 13.4. The van der Waals surface area contributed by atoms with Crippen LogP contribution in [0.3, 0.4) is 0 Å². The Labute approximate surface area is 248 Å². The monoisotopic (exact) mass is 619 g/mol. The molecule has 3 aromatic carbocycles. The van der Waals surface area contributed by atoms with Gasteiger partial charge in [0.15, 0.2) is 0 Å². The molecule has 0 aromatic heterocycles. The molecule has 2 N–H and O–H groups in total. The van der Waals surface area contributed by atoms with Crippen LogP contribution in [0, 0.1) is 5.92 Å². The van der Waals surface area contributed by atoms with Crippen molar-refractivity contribution < 1.29 is 50.5 Å². The molecule has 4 rings (SSSR count). The molecule has 2 unspecified atom stereocenters. The lowest BCUT2D eigenvalue weighted by atomic mass is 9.78. The number of nitrogens with one attached hydrogen (secondary N) is 1. The number of halogens is 6. The molecule has 0 fully saturated rings. The van der Waals surface area contributed by atoms with Gasteiger partial charge in [0.25, 0.3) is 5.91 Å². The highest BCUT2D eigenvalue weighted by Crippen LogP contribution is 2.40. The van der Waals surface area contributed by atoms with Gasteiger partial charge in [0, 0.05) is 12.1 Å². The van der Waals surface area contributed by atoms with Crippen molar-refractivity contribution in [2.45, 2.75) is 38.4 Å². The number of carboxylic acid groups (broad SMARTS) is 1. The number of alkyl halides is 6. The molecular formula is C32H27F6NO5. The number of ether oxygens (including phenoxy) is 2. The highest BCUT2D eigenvalue weighted by molar-refractivity contribution is 5.96. The van der Waals surface area contributed by atoms with E-state index in [-0.39, 0.29) is 36.3 Å². The maximum absolute atomic E-state index is 12.7. The second-order valence-corrected chi connectivity index (χ2v) is 10.1. The molecule has 1 amide bonds. The van der Waals surface area contributed by atoms with E-state index in [1.165, 1.54) is 48.5 Å². The fourth-order valence-electron chi connectivity index (χ4n) is 4.86. The molecule has 0 saturated carbocycles. The average Bonchev–Trinajstić information content (AvgIpc) is 2.95. The Bertz CT molecular complexity index is 1540. The molecule has 0 bridgehead atoms. The third kappa shape index (κ3) is 8.88. The maximum Gasteiger partial charge on any atom is 0.573 e. The number of allylic oxidation sites excluding steroid dienone is 2. The first kappa shape index (κ1) is 32.2. The lowest BCUT2D eigenvalue weighted by Crippen LogP contribution is -2.27. The van der Waals surface area contributed by atoms with Gasteiger partial charge in [0.2, 0.25) is 0 Å². The van der Waals surface area contributed by atoms with Gasteiger partial charge in [-0.25, -0.2) is 0 Å². The summed E-state index contributed by atoms with van der Waals surface area (Å²) in [5.41, 5.74) is 3.88. The number of amides is 1. The smallest absolute Gasteiger partial charge is 0.481 e. The van der Waals surface area contributed by atoms with Gasteiger partial charge in [0.05, 0.1) is 6.42 Å². The van der Waals surface area contributed by atoms with Crippen LogP contribution >= 0.6 is 0 Å². The molecule has 0 aliphatic heterocycles. The molecule has 6 nitrogen and oxygen atoms in total. The van der Waals surface area contributed by atoms with Crippen molar-refractivity contribution >= 4 is 11.9 Å². The first-order valence-electron chi connectivity index (χ1n) is 13.4. The molecule has 3 aromatic rings. The predicted molar refractivity (Wildman–Crippen MR) is 150 cm³/mol. The molecule has 0 heterocycles. The number of carboxylic acids is 1. The van der Waals surface area contributed by atoms with Crippen molar-refractivity contribution in [1.29, 1.82) is 0 Å². The van der Waals surface area contributed by atoms with Crippen LogP contribution in [0.5, 0.6) is 11.5 Å². The van der Waals surface area contributed by atoms with Gasteiger partial charge in [0.1, 0.15) is 11.5 Å². The quantitative estimate of drug-likeness (QED) is 0.225. The molecule has 0 spiro atoms. The van der Waals surface area contributed by atoms with Crippen LogP contribution in [0.2, 0.25) is 0 Å².